The van der Waals surface area contributed by atoms with E-state index in [2.05, 4.69) is 15.9 Å². The molecule has 0 spiro atoms. The first-order chi connectivity index (χ1) is 9.00. The van der Waals surface area contributed by atoms with Gasteiger partial charge >= 0.3 is 0 Å². The molecule has 1 aliphatic heterocycles. The van der Waals surface area contributed by atoms with Gasteiger partial charge in [0.05, 0.1) is 10.5 Å². The molecule has 0 unspecified atom stereocenters. The van der Waals surface area contributed by atoms with Crippen molar-refractivity contribution in [3.8, 4) is 0 Å². The average Bonchev–Trinajstić information content (AvgIpc) is 2.38. The molecule has 1 heterocycles. The number of carbonyl (C=O) groups excluding carboxylic acids is 1. The molecule has 1 fully saturated rings. The number of anilines is 1. The van der Waals surface area contributed by atoms with Crippen LogP contribution in [0.3, 0.4) is 0 Å². The fourth-order valence-electron chi connectivity index (χ4n) is 2.36. The second-order valence-electron chi connectivity index (χ2n) is 4.49. The molecule has 2 rings (SSSR count). The Morgan fingerprint density at radius 3 is 2.47 bits per heavy atom. The van der Waals surface area contributed by atoms with Gasteiger partial charge in [-0.1, -0.05) is 15.9 Å². The lowest BCUT2D eigenvalue weighted by Gasteiger charge is -2.29. The zero-order chi connectivity index (χ0) is 14.0. The van der Waals surface area contributed by atoms with E-state index in [4.69, 9.17) is 5.73 Å². The highest BCUT2D eigenvalue weighted by atomic mass is 79.9. The van der Waals surface area contributed by atoms with Gasteiger partial charge in [-0.2, -0.15) is 0 Å². The van der Waals surface area contributed by atoms with Gasteiger partial charge in [0.15, 0.2) is 0 Å². The van der Waals surface area contributed by atoms with Gasteiger partial charge in [0.2, 0.25) is 0 Å². The number of carbonyl (C=O) groups is 1. The Balaban J connectivity index is 2.59. The van der Waals surface area contributed by atoms with Crippen LogP contribution < -0.4 is 10.6 Å². The van der Waals surface area contributed by atoms with Gasteiger partial charge in [-0.05, 0) is 25.3 Å². The van der Waals surface area contributed by atoms with E-state index in [9.17, 15) is 14.9 Å². The molecule has 102 valence electrons. The standard InChI is InChI=1S/C12H14BrN3O3/c13-8-6-9(12(14)17)11(10(7-8)16(18)19)15-4-2-1-3-5-15/h6-7H,1-5H2,(H2,14,17). The summed E-state index contributed by atoms with van der Waals surface area (Å²) in [5.41, 5.74) is 5.82. The maximum Gasteiger partial charge on any atom is 0.294 e. The number of benzene rings is 1. The Morgan fingerprint density at radius 2 is 1.95 bits per heavy atom. The lowest BCUT2D eigenvalue weighted by Crippen LogP contribution is -2.32. The van der Waals surface area contributed by atoms with Gasteiger partial charge in [-0.3, -0.25) is 14.9 Å². The molecular formula is C12H14BrN3O3. The normalized spacial score (nSPS) is 15.3. The molecule has 1 aliphatic rings. The molecule has 0 bridgehead atoms. The highest BCUT2D eigenvalue weighted by Gasteiger charge is 2.27. The molecule has 1 saturated heterocycles. The third-order valence-corrected chi connectivity index (χ3v) is 3.65. The molecule has 1 aromatic rings. The number of nitro benzene ring substituents is 1. The molecule has 19 heavy (non-hydrogen) atoms. The molecule has 0 radical (unpaired) electrons. The summed E-state index contributed by atoms with van der Waals surface area (Å²) in [6.45, 7) is 1.42. The topological polar surface area (TPSA) is 89.5 Å². The quantitative estimate of drug-likeness (QED) is 0.682. The smallest absolute Gasteiger partial charge is 0.294 e. The average molecular weight is 328 g/mol. The summed E-state index contributed by atoms with van der Waals surface area (Å²) < 4.78 is 0.480. The first-order valence-electron chi connectivity index (χ1n) is 6.03. The van der Waals surface area contributed by atoms with Crippen LogP contribution in [0.2, 0.25) is 0 Å². The summed E-state index contributed by atoms with van der Waals surface area (Å²) in [4.78, 5) is 24.2. The van der Waals surface area contributed by atoms with E-state index >= 15 is 0 Å². The van der Waals surface area contributed by atoms with Crippen LogP contribution in [0.25, 0.3) is 0 Å². The zero-order valence-corrected chi connectivity index (χ0v) is 11.9. The number of nitro groups is 1. The van der Waals surface area contributed by atoms with Gasteiger partial charge in [0.1, 0.15) is 5.69 Å². The summed E-state index contributed by atoms with van der Waals surface area (Å²) in [5.74, 6) is -0.648. The van der Waals surface area contributed by atoms with Crippen LogP contribution in [0.1, 0.15) is 29.6 Å². The number of nitrogens with zero attached hydrogens (tertiary/aromatic N) is 2. The van der Waals surface area contributed by atoms with Crippen LogP contribution in [0.15, 0.2) is 16.6 Å². The Kier molecular flexibility index (Phi) is 4.04. The molecule has 0 aliphatic carbocycles. The fourth-order valence-corrected chi connectivity index (χ4v) is 2.81. The minimum absolute atomic E-state index is 0.0786. The number of hydrogen-bond acceptors (Lipinski definition) is 4. The highest BCUT2D eigenvalue weighted by molar-refractivity contribution is 9.10. The van der Waals surface area contributed by atoms with Gasteiger partial charge in [0.25, 0.3) is 11.6 Å². The number of hydrogen-bond donors (Lipinski definition) is 1. The van der Waals surface area contributed by atoms with E-state index in [1.165, 1.54) is 6.07 Å². The first-order valence-corrected chi connectivity index (χ1v) is 6.82. The highest BCUT2D eigenvalue weighted by Crippen LogP contribution is 2.36. The minimum Gasteiger partial charge on any atom is -0.366 e. The van der Waals surface area contributed by atoms with E-state index in [1.54, 1.807) is 6.07 Å². The number of amides is 1. The van der Waals surface area contributed by atoms with Crippen LogP contribution in [0.4, 0.5) is 11.4 Å². The monoisotopic (exact) mass is 327 g/mol. The van der Waals surface area contributed by atoms with Crippen LogP contribution in [-0.2, 0) is 0 Å². The van der Waals surface area contributed by atoms with Crippen molar-refractivity contribution in [2.45, 2.75) is 19.3 Å². The third kappa shape index (κ3) is 2.86. The number of nitrogens with two attached hydrogens (primary N) is 1. The van der Waals surface area contributed by atoms with Crippen molar-refractivity contribution in [1.29, 1.82) is 0 Å². The summed E-state index contributed by atoms with van der Waals surface area (Å²) in [7, 11) is 0. The predicted octanol–water partition coefficient (Wildman–Crippen LogP) is 2.45. The van der Waals surface area contributed by atoms with Crippen molar-refractivity contribution in [1.82, 2.24) is 0 Å². The molecule has 7 heteroatoms. The number of halogens is 1. The van der Waals surface area contributed by atoms with Crippen molar-refractivity contribution >= 4 is 33.2 Å². The van der Waals surface area contributed by atoms with E-state index in [1.807, 2.05) is 4.90 Å². The van der Waals surface area contributed by atoms with Crippen LogP contribution in [0, 0.1) is 10.1 Å². The Morgan fingerprint density at radius 1 is 1.32 bits per heavy atom. The Labute approximate surface area is 118 Å². The van der Waals surface area contributed by atoms with Crippen molar-refractivity contribution in [2.75, 3.05) is 18.0 Å². The van der Waals surface area contributed by atoms with Gasteiger partial charge in [-0.15, -0.1) is 0 Å². The van der Waals surface area contributed by atoms with Crippen LogP contribution in [0.5, 0.6) is 0 Å². The summed E-state index contributed by atoms with van der Waals surface area (Å²) in [6.07, 6.45) is 3.03. The molecule has 0 saturated carbocycles. The number of primary amides is 1. The predicted molar refractivity (Wildman–Crippen MR) is 75.4 cm³/mol. The molecule has 0 atom stereocenters. The van der Waals surface area contributed by atoms with E-state index in [0.29, 0.717) is 23.2 Å². The summed E-state index contributed by atoms with van der Waals surface area (Å²) in [6, 6.07) is 2.95. The van der Waals surface area contributed by atoms with Gasteiger partial charge in [-0.25, -0.2) is 0 Å². The first kappa shape index (κ1) is 13.8. The maximum atomic E-state index is 11.5. The van der Waals surface area contributed by atoms with Gasteiger partial charge < -0.3 is 10.6 Å². The summed E-state index contributed by atoms with van der Waals surface area (Å²) >= 11 is 3.18. The van der Waals surface area contributed by atoms with E-state index in [0.717, 1.165) is 19.3 Å². The number of piperidine rings is 1. The zero-order valence-electron chi connectivity index (χ0n) is 10.3. The summed E-state index contributed by atoms with van der Waals surface area (Å²) in [5, 5.41) is 11.2. The largest absolute Gasteiger partial charge is 0.366 e. The van der Waals surface area contributed by atoms with E-state index in [-0.39, 0.29) is 11.3 Å². The van der Waals surface area contributed by atoms with Crippen molar-refractivity contribution in [3.05, 3.63) is 32.3 Å². The van der Waals surface area contributed by atoms with E-state index < -0.39 is 10.8 Å². The molecule has 6 nitrogen and oxygen atoms in total. The molecule has 1 aromatic carbocycles. The molecular weight excluding hydrogens is 314 g/mol. The van der Waals surface area contributed by atoms with Gasteiger partial charge in [0, 0.05) is 23.6 Å². The number of rotatable bonds is 3. The minimum atomic E-state index is -0.648. The molecule has 1 amide bonds. The van der Waals surface area contributed by atoms with Crippen molar-refractivity contribution in [2.24, 2.45) is 5.73 Å². The van der Waals surface area contributed by atoms with Crippen molar-refractivity contribution in [3.63, 3.8) is 0 Å². The lowest BCUT2D eigenvalue weighted by atomic mass is 10.1. The SMILES string of the molecule is NC(=O)c1cc(Br)cc([N+](=O)[O-])c1N1CCCCC1. The second-order valence-corrected chi connectivity index (χ2v) is 5.41. The second kappa shape index (κ2) is 5.56. The van der Waals surface area contributed by atoms with Crippen LogP contribution >= 0.6 is 15.9 Å². The Hall–Kier alpha value is -1.63. The van der Waals surface area contributed by atoms with Crippen molar-refractivity contribution < 1.29 is 9.72 Å². The lowest BCUT2D eigenvalue weighted by molar-refractivity contribution is -0.384. The van der Waals surface area contributed by atoms with Crippen LogP contribution in [-0.4, -0.2) is 23.9 Å². The fraction of sp³-hybridized carbons (Fsp3) is 0.417. The third-order valence-electron chi connectivity index (χ3n) is 3.19. The molecule has 0 aromatic heterocycles. The molecule has 2 N–H and O–H groups in total. The maximum absolute atomic E-state index is 11.5. The Bertz CT molecular complexity index is 492.